The van der Waals surface area contributed by atoms with Crippen molar-refractivity contribution >= 4 is 11.6 Å². The lowest BCUT2D eigenvalue weighted by Crippen LogP contribution is -2.11. The zero-order valence-electron chi connectivity index (χ0n) is 10.0. The molecule has 0 saturated heterocycles. The van der Waals surface area contributed by atoms with Gasteiger partial charge in [-0.05, 0) is 55.4 Å². The van der Waals surface area contributed by atoms with Gasteiger partial charge in [0, 0.05) is 5.02 Å². The van der Waals surface area contributed by atoms with Crippen LogP contribution in [0.1, 0.15) is 51.0 Å². The number of halogens is 1. The Kier molecular flexibility index (Phi) is 3.75. The second-order valence-electron chi connectivity index (χ2n) is 4.86. The molecule has 1 aliphatic carbocycles. The van der Waals surface area contributed by atoms with Gasteiger partial charge in [-0.2, -0.15) is 0 Å². The minimum Gasteiger partial charge on any atom is -0.490 e. The Morgan fingerprint density at radius 3 is 2.56 bits per heavy atom. The lowest BCUT2D eigenvalue weighted by Gasteiger charge is -2.15. The molecule has 1 saturated carbocycles. The van der Waals surface area contributed by atoms with Crippen molar-refractivity contribution in [3.05, 3.63) is 28.8 Å². The first-order chi connectivity index (χ1) is 7.66. The molecule has 1 nitrogen and oxygen atoms in total. The van der Waals surface area contributed by atoms with Crippen molar-refractivity contribution in [3.8, 4) is 5.75 Å². The maximum Gasteiger partial charge on any atom is 0.120 e. The number of hydrogen-bond donors (Lipinski definition) is 0. The number of rotatable bonds is 3. The molecule has 1 aromatic rings. The van der Waals surface area contributed by atoms with Gasteiger partial charge in [0.05, 0.1) is 6.10 Å². The molecular formula is C14H19ClO. The Balaban J connectivity index is 2.12. The van der Waals surface area contributed by atoms with Crippen LogP contribution in [0.5, 0.6) is 5.75 Å². The minimum atomic E-state index is 0.418. The van der Waals surface area contributed by atoms with E-state index in [1.165, 1.54) is 31.2 Å². The highest BCUT2D eigenvalue weighted by Gasteiger charge is 2.17. The Hall–Kier alpha value is -0.690. The molecule has 1 aliphatic rings. The molecule has 0 unspecified atom stereocenters. The highest BCUT2D eigenvalue weighted by molar-refractivity contribution is 6.31. The van der Waals surface area contributed by atoms with Crippen molar-refractivity contribution in [2.45, 2.75) is 51.6 Å². The van der Waals surface area contributed by atoms with E-state index in [1.54, 1.807) is 0 Å². The van der Waals surface area contributed by atoms with E-state index < -0.39 is 0 Å². The smallest absolute Gasteiger partial charge is 0.120 e. The standard InChI is InChI=1S/C14H19ClO/c1-10(2)13-9-12(7-8-14(13)15)16-11-5-3-4-6-11/h7-11H,3-6H2,1-2H3. The van der Waals surface area contributed by atoms with Crippen LogP contribution < -0.4 is 4.74 Å². The molecule has 1 fully saturated rings. The topological polar surface area (TPSA) is 9.23 Å². The summed E-state index contributed by atoms with van der Waals surface area (Å²) in [5.74, 6) is 1.42. The average molecular weight is 239 g/mol. The van der Waals surface area contributed by atoms with Crippen molar-refractivity contribution in [1.82, 2.24) is 0 Å². The molecule has 0 N–H and O–H groups in total. The summed E-state index contributed by atoms with van der Waals surface area (Å²) in [6.07, 6.45) is 5.41. The quantitative estimate of drug-likeness (QED) is 0.736. The third-order valence-electron chi connectivity index (χ3n) is 3.19. The SMILES string of the molecule is CC(C)c1cc(OC2CCCC2)ccc1Cl. The molecule has 16 heavy (non-hydrogen) atoms. The summed E-state index contributed by atoms with van der Waals surface area (Å²) in [6, 6.07) is 6.01. The highest BCUT2D eigenvalue weighted by Crippen LogP contribution is 2.30. The average Bonchev–Trinajstić information content (AvgIpc) is 2.73. The van der Waals surface area contributed by atoms with Gasteiger partial charge in [0.15, 0.2) is 0 Å². The molecule has 0 radical (unpaired) electrons. The van der Waals surface area contributed by atoms with Gasteiger partial charge in [-0.15, -0.1) is 0 Å². The third kappa shape index (κ3) is 2.70. The second-order valence-corrected chi connectivity index (χ2v) is 5.27. The first-order valence-corrected chi connectivity index (χ1v) is 6.50. The molecule has 88 valence electrons. The van der Waals surface area contributed by atoms with E-state index in [2.05, 4.69) is 19.9 Å². The van der Waals surface area contributed by atoms with Crippen LogP contribution in [0, 0.1) is 0 Å². The molecule has 1 aromatic carbocycles. The monoisotopic (exact) mass is 238 g/mol. The Morgan fingerprint density at radius 1 is 1.25 bits per heavy atom. The summed E-state index contributed by atoms with van der Waals surface area (Å²) in [6.45, 7) is 4.31. The van der Waals surface area contributed by atoms with Crippen LogP contribution in [0.2, 0.25) is 5.02 Å². The molecule has 0 heterocycles. The highest BCUT2D eigenvalue weighted by atomic mass is 35.5. The van der Waals surface area contributed by atoms with Crippen LogP contribution in [0.25, 0.3) is 0 Å². The number of benzene rings is 1. The van der Waals surface area contributed by atoms with E-state index in [0.29, 0.717) is 12.0 Å². The molecule has 0 bridgehead atoms. The number of ether oxygens (including phenoxy) is 1. The summed E-state index contributed by atoms with van der Waals surface area (Å²) in [5, 5.41) is 0.841. The zero-order chi connectivity index (χ0) is 11.5. The van der Waals surface area contributed by atoms with Gasteiger partial charge in [0.1, 0.15) is 5.75 Å². The predicted molar refractivity (Wildman–Crippen MR) is 68.4 cm³/mol. The van der Waals surface area contributed by atoms with E-state index in [-0.39, 0.29) is 0 Å². The fraction of sp³-hybridized carbons (Fsp3) is 0.571. The lowest BCUT2D eigenvalue weighted by atomic mass is 10.0. The maximum absolute atomic E-state index is 6.15. The molecule has 0 spiro atoms. The van der Waals surface area contributed by atoms with Gasteiger partial charge in [-0.25, -0.2) is 0 Å². The molecular weight excluding hydrogens is 220 g/mol. The van der Waals surface area contributed by atoms with Crippen molar-refractivity contribution < 1.29 is 4.74 Å². The summed E-state index contributed by atoms with van der Waals surface area (Å²) in [5.41, 5.74) is 1.18. The summed E-state index contributed by atoms with van der Waals surface area (Å²) >= 11 is 6.15. The first kappa shape index (κ1) is 11.8. The summed E-state index contributed by atoms with van der Waals surface area (Å²) < 4.78 is 5.96. The van der Waals surface area contributed by atoms with E-state index in [0.717, 1.165) is 10.8 Å². The third-order valence-corrected chi connectivity index (χ3v) is 3.54. The van der Waals surface area contributed by atoms with E-state index in [9.17, 15) is 0 Å². The van der Waals surface area contributed by atoms with E-state index >= 15 is 0 Å². The molecule has 0 aliphatic heterocycles. The second kappa shape index (κ2) is 5.09. The van der Waals surface area contributed by atoms with Gasteiger partial charge >= 0.3 is 0 Å². The van der Waals surface area contributed by atoms with Crippen molar-refractivity contribution in [2.75, 3.05) is 0 Å². The predicted octanol–water partition coefficient (Wildman–Crippen LogP) is 4.78. The summed E-state index contributed by atoms with van der Waals surface area (Å²) in [4.78, 5) is 0. The van der Waals surface area contributed by atoms with Crippen LogP contribution in [0.4, 0.5) is 0 Å². The molecule has 0 aromatic heterocycles. The Labute approximate surface area is 103 Å². The maximum atomic E-state index is 6.15. The van der Waals surface area contributed by atoms with E-state index in [4.69, 9.17) is 16.3 Å². The van der Waals surface area contributed by atoms with Gasteiger partial charge in [0.2, 0.25) is 0 Å². The van der Waals surface area contributed by atoms with Crippen LogP contribution in [-0.4, -0.2) is 6.10 Å². The van der Waals surface area contributed by atoms with Crippen LogP contribution in [0.3, 0.4) is 0 Å². The Morgan fingerprint density at radius 2 is 1.94 bits per heavy atom. The molecule has 0 atom stereocenters. The number of hydrogen-bond acceptors (Lipinski definition) is 1. The first-order valence-electron chi connectivity index (χ1n) is 6.13. The lowest BCUT2D eigenvalue weighted by molar-refractivity contribution is 0.210. The fourth-order valence-electron chi connectivity index (χ4n) is 2.24. The van der Waals surface area contributed by atoms with Crippen molar-refractivity contribution in [2.24, 2.45) is 0 Å². The largest absolute Gasteiger partial charge is 0.490 e. The molecule has 2 heteroatoms. The Bertz CT molecular complexity index is 354. The van der Waals surface area contributed by atoms with Crippen LogP contribution in [-0.2, 0) is 0 Å². The van der Waals surface area contributed by atoms with Gasteiger partial charge in [0.25, 0.3) is 0 Å². The van der Waals surface area contributed by atoms with Crippen molar-refractivity contribution in [3.63, 3.8) is 0 Å². The minimum absolute atomic E-state index is 0.418. The summed E-state index contributed by atoms with van der Waals surface area (Å²) in [7, 11) is 0. The van der Waals surface area contributed by atoms with Gasteiger partial charge in [-0.1, -0.05) is 25.4 Å². The zero-order valence-corrected chi connectivity index (χ0v) is 10.8. The van der Waals surface area contributed by atoms with E-state index in [1.807, 2.05) is 12.1 Å². The molecule has 0 amide bonds. The fourth-order valence-corrected chi connectivity index (χ4v) is 2.57. The molecule has 2 rings (SSSR count). The van der Waals surface area contributed by atoms with Gasteiger partial charge in [-0.3, -0.25) is 0 Å². The van der Waals surface area contributed by atoms with Crippen molar-refractivity contribution in [1.29, 1.82) is 0 Å². The normalized spacial score (nSPS) is 17.0. The van der Waals surface area contributed by atoms with Gasteiger partial charge < -0.3 is 4.74 Å². The van der Waals surface area contributed by atoms with Crippen LogP contribution >= 0.6 is 11.6 Å². The van der Waals surface area contributed by atoms with Crippen LogP contribution in [0.15, 0.2) is 18.2 Å².